The largest absolute Gasteiger partial charge is 0.504 e. The van der Waals surface area contributed by atoms with Crippen LogP contribution in [0.5, 0.6) is 23.0 Å². The Morgan fingerprint density at radius 3 is 2.41 bits per heavy atom. The lowest BCUT2D eigenvalue weighted by atomic mass is 9.88. The van der Waals surface area contributed by atoms with Gasteiger partial charge in [-0.3, -0.25) is 4.79 Å². The molecule has 27 heavy (non-hydrogen) atoms. The van der Waals surface area contributed by atoms with Crippen LogP contribution in [0.15, 0.2) is 36.4 Å². The van der Waals surface area contributed by atoms with Crippen molar-refractivity contribution in [1.29, 1.82) is 0 Å². The van der Waals surface area contributed by atoms with Gasteiger partial charge in [-0.2, -0.15) is 0 Å². The number of carbonyl (C=O) groups excluding carboxylic acids is 1. The summed E-state index contributed by atoms with van der Waals surface area (Å²) in [4.78, 5) is 23.3. The summed E-state index contributed by atoms with van der Waals surface area (Å²) in [5, 5.41) is 39.1. The number of hydrogen-bond donors (Lipinski definition) is 4. The molecule has 0 amide bonds. The molecule has 1 aliphatic heterocycles. The zero-order valence-electron chi connectivity index (χ0n) is 14.1. The number of phenolic OH excluding ortho intramolecular Hbond substituents is 3. The van der Waals surface area contributed by atoms with Crippen molar-refractivity contribution >= 4 is 18.0 Å². The molecule has 2 atom stereocenters. The van der Waals surface area contributed by atoms with E-state index in [2.05, 4.69) is 4.74 Å². The number of carbonyl (C=O) groups is 2. The quantitative estimate of drug-likeness (QED) is 0.365. The number of fused-ring (bicyclic) bond motifs is 1. The fraction of sp³-hybridized carbons (Fsp3) is 0.158. The van der Waals surface area contributed by atoms with Crippen LogP contribution < -0.4 is 4.74 Å². The van der Waals surface area contributed by atoms with Gasteiger partial charge in [-0.05, 0) is 35.4 Å². The third-order valence-corrected chi connectivity index (χ3v) is 4.26. The molecule has 0 bridgehead atoms. The Morgan fingerprint density at radius 1 is 1.07 bits per heavy atom. The summed E-state index contributed by atoms with van der Waals surface area (Å²) in [6.07, 6.45) is 1.45. The number of ether oxygens (including phenoxy) is 2. The minimum atomic E-state index is -1.22. The lowest BCUT2D eigenvalue weighted by Gasteiger charge is -2.17. The average molecular weight is 372 g/mol. The van der Waals surface area contributed by atoms with Crippen LogP contribution >= 0.6 is 0 Å². The third kappa shape index (κ3) is 3.24. The van der Waals surface area contributed by atoms with Crippen LogP contribution in [0.2, 0.25) is 0 Å². The molecule has 0 saturated heterocycles. The Labute approximate surface area is 153 Å². The highest BCUT2D eigenvalue weighted by Gasteiger charge is 2.43. The third-order valence-electron chi connectivity index (χ3n) is 4.26. The average Bonchev–Trinajstić information content (AvgIpc) is 3.05. The predicted octanol–water partition coefficient (Wildman–Crippen LogP) is 2.29. The van der Waals surface area contributed by atoms with Crippen molar-refractivity contribution in [1.82, 2.24) is 0 Å². The van der Waals surface area contributed by atoms with Crippen molar-refractivity contribution in [3.05, 3.63) is 53.1 Å². The van der Waals surface area contributed by atoms with Crippen LogP contribution in [-0.4, -0.2) is 39.5 Å². The molecule has 4 N–H and O–H groups in total. The highest BCUT2D eigenvalue weighted by atomic mass is 16.5. The summed E-state index contributed by atoms with van der Waals surface area (Å²) in [6, 6.07) is 6.62. The van der Waals surface area contributed by atoms with Gasteiger partial charge in [0.15, 0.2) is 23.0 Å². The van der Waals surface area contributed by atoms with Crippen LogP contribution in [0.25, 0.3) is 6.08 Å². The second-order valence-corrected chi connectivity index (χ2v) is 5.88. The minimum absolute atomic E-state index is 0.0213. The van der Waals surface area contributed by atoms with Gasteiger partial charge in [0.2, 0.25) is 0 Å². The summed E-state index contributed by atoms with van der Waals surface area (Å²) in [5.74, 6) is -4.11. The molecule has 0 aliphatic carbocycles. The number of rotatable bonds is 4. The van der Waals surface area contributed by atoms with Gasteiger partial charge < -0.3 is 29.9 Å². The van der Waals surface area contributed by atoms with Crippen LogP contribution in [0.1, 0.15) is 28.7 Å². The fourth-order valence-electron chi connectivity index (χ4n) is 3.00. The fourth-order valence-corrected chi connectivity index (χ4v) is 3.00. The van der Waals surface area contributed by atoms with E-state index in [0.29, 0.717) is 11.1 Å². The first-order valence-electron chi connectivity index (χ1n) is 7.86. The molecule has 8 nitrogen and oxygen atoms in total. The number of aromatic hydroxyl groups is 3. The van der Waals surface area contributed by atoms with E-state index in [4.69, 9.17) is 4.74 Å². The Balaban J connectivity index is 2.12. The van der Waals surface area contributed by atoms with Crippen LogP contribution in [0.3, 0.4) is 0 Å². The number of hydrogen-bond acceptors (Lipinski definition) is 7. The summed E-state index contributed by atoms with van der Waals surface area (Å²) >= 11 is 0. The zero-order chi connectivity index (χ0) is 19.7. The van der Waals surface area contributed by atoms with E-state index in [9.17, 15) is 30.0 Å². The van der Waals surface area contributed by atoms with Crippen molar-refractivity contribution in [2.24, 2.45) is 0 Å². The van der Waals surface area contributed by atoms with Gasteiger partial charge in [0.25, 0.3) is 0 Å². The summed E-state index contributed by atoms with van der Waals surface area (Å²) in [6.45, 7) is 0. The molecule has 3 rings (SSSR count). The van der Waals surface area contributed by atoms with E-state index in [1.807, 2.05) is 0 Å². The predicted molar refractivity (Wildman–Crippen MR) is 92.7 cm³/mol. The van der Waals surface area contributed by atoms with Gasteiger partial charge in [-0.1, -0.05) is 12.1 Å². The van der Waals surface area contributed by atoms with Crippen molar-refractivity contribution in [2.45, 2.75) is 12.0 Å². The SMILES string of the molecule is COC(=O)/C=C/c1ccc(O)c2c1[C@H](C(=O)O)[C@@H](c1ccc(O)c(O)c1)O2. The summed E-state index contributed by atoms with van der Waals surface area (Å²) in [7, 11) is 1.21. The minimum Gasteiger partial charge on any atom is -0.504 e. The Morgan fingerprint density at radius 2 is 1.78 bits per heavy atom. The molecule has 2 aromatic carbocycles. The standard InChI is InChI=1S/C19H16O8/c1-26-14(23)7-4-9-2-6-12(21)18-15(9)16(19(24)25)17(27-18)10-3-5-11(20)13(22)8-10/h2-8,16-17,20-22H,1H3,(H,24,25)/b7-4+/t16-,17+/m0/s1. The molecule has 0 unspecified atom stereocenters. The van der Waals surface area contributed by atoms with Crippen LogP contribution in [0.4, 0.5) is 0 Å². The Kier molecular flexibility index (Phi) is 4.64. The van der Waals surface area contributed by atoms with E-state index in [-0.39, 0.29) is 22.8 Å². The van der Waals surface area contributed by atoms with E-state index in [1.165, 1.54) is 43.5 Å². The topological polar surface area (TPSA) is 134 Å². The molecule has 0 saturated carbocycles. The number of aliphatic carboxylic acids is 1. The normalized spacial score (nSPS) is 18.1. The van der Waals surface area contributed by atoms with E-state index >= 15 is 0 Å². The second kappa shape index (κ2) is 6.91. The maximum absolute atomic E-state index is 12.0. The maximum atomic E-state index is 12.0. The smallest absolute Gasteiger partial charge is 0.330 e. The first-order valence-corrected chi connectivity index (χ1v) is 7.86. The molecule has 0 spiro atoms. The molecular formula is C19H16O8. The molecule has 0 aromatic heterocycles. The van der Waals surface area contributed by atoms with Gasteiger partial charge in [0.1, 0.15) is 12.0 Å². The molecule has 1 aliphatic rings. The first-order chi connectivity index (χ1) is 12.8. The molecule has 8 heteroatoms. The number of carboxylic acid groups (broad SMARTS) is 1. The van der Waals surface area contributed by atoms with E-state index in [0.717, 1.165) is 6.08 Å². The summed E-state index contributed by atoms with van der Waals surface area (Å²) < 4.78 is 10.2. The van der Waals surface area contributed by atoms with Gasteiger partial charge in [0.05, 0.1) is 7.11 Å². The molecular weight excluding hydrogens is 356 g/mol. The van der Waals surface area contributed by atoms with E-state index < -0.39 is 29.7 Å². The molecule has 2 aromatic rings. The van der Waals surface area contributed by atoms with Crippen molar-refractivity contribution in [3.8, 4) is 23.0 Å². The van der Waals surface area contributed by atoms with Crippen LogP contribution in [-0.2, 0) is 14.3 Å². The number of benzene rings is 2. The highest BCUT2D eigenvalue weighted by molar-refractivity contribution is 5.89. The van der Waals surface area contributed by atoms with Crippen molar-refractivity contribution < 1.29 is 39.5 Å². The van der Waals surface area contributed by atoms with Gasteiger partial charge in [-0.25, -0.2) is 4.79 Å². The lowest BCUT2D eigenvalue weighted by Crippen LogP contribution is -2.18. The number of carboxylic acids is 1. The van der Waals surface area contributed by atoms with Gasteiger partial charge in [-0.15, -0.1) is 0 Å². The molecule has 0 radical (unpaired) electrons. The zero-order valence-corrected chi connectivity index (χ0v) is 14.1. The monoisotopic (exact) mass is 372 g/mol. The summed E-state index contributed by atoms with van der Waals surface area (Å²) in [5.41, 5.74) is 0.863. The van der Waals surface area contributed by atoms with Crippen molar-refractivity contribution in [2.75, 3.05) is 7.11 Å². The number of methoxy groups -OCH3 is 1. The molecule has 140 valence electrons. The van der Waals surface area contributed by atoms with Gasteiger partial charge >= 0.3 is 11.9 Å². The number of esters is 1. The molecule has 1 heterocycles. The van der Waals surface area contributed by atoms with Crippen LogP contribution in [0, 0.1) is 0 Å². The van der Waals surface area contributed by atoms with Crippen molar-refractivity contribution in [3.63, 3.8) is 0 Å². The second-order valence-electron chi connectivity index (χ2n) is 5.88. The lowest BCUT2D eigenvalue weighted by molar-refractivity contribution is -0.140. The Bertz CT molecular complexity index is 947. The van der Waals surface area contributed by atoms with E-state index in [1.54, 1.807) is 0 Å². The first kappa shape index (κ1) is 18.1. The number of phenols is 3. The Hall–Kier alpha value is -3.68. The van der Waals surface area contributed by atoms with Gasteiger partial charge in [0, 0.05) is 11.6 Å². The maximum Gasteiger partial charge on any atom is 0.330 e. The molecule has 0 fully saturated rings. The highest BCUT2D eigenvalue weighted by Crippen LogP contribution is 2.52.